The molecule has 0 fully saturated rings. The Morgan fingerprint density at radius 1 is 1.44 bits per heavy atom. The smallest absolute Gasteiger partial charge is 0.0844 e. The van der Waals surface area contributed by atoms with E-state index in [0.29, 0.717) is 6.54 Å². The highest BCUT2D eigenvalue weighted by molar-refractivity contribution is 9.10. The lowest BCUT2D eigenvalue weighted by atomic mass is 10.2. The van der Waals surface area contributed by atoms with Crippen LogP contribution in [0.5, 0.6) is 0 Å². The van der Waals surface area contributed by atoms with Gasteiger partial charge in [0.2, 0.25) is 0 Å². The first-order chi connectivity index (χ1) is 8.61. The van der Waals surface area contributed by atoms with E-state index in [1.807, 2.05) is 38.4 Å². The van der Waals surface area contributed by atoms with E-state index in [-0.39, 0.29) is 6.61 Å². The van der Waals surface area contributed by atoms with Gasteiger partial charge in [0.1, 0.15) is 0 Å². The van der Waals surface area contributed by atoms with Crippen LogP contribution < -0.4 is 5.32 Å². The van der Waals surface area contributed by atoms with Crippen molar-refractivity contribution in [3.8, 4) is 0 Å². The third-order valence-electron chi connectivity index (χ3n) is 2.84. The third kappa shape index (κ3) is 2.73. The zero-order chi connectivity index (χ0) is 13.1. The molecule has 1 heterocycles. The van der Waals surface area contributed by atoms with Crippen LogP contribution in [0.25, 0.3) is 0 Å². The van der Waals surface area contributed by atoms with E-state index in [0.717, 1.165) is 27.0 Å². The largest absolute Gasteiger partial charge is 0.392 e. The van der Waals surface area contributed by atoms with Crippen LogP contribution >= 0.6 is 15.9 Å². The zero-order valence-corrected chi connectivity index (χ0v) is 12.0. The van der Waals surface area contributed by atoms with Crippen LogP contribution in [0.3, 0.4) is 0 Å². The van der Waals surface area contributed by atoms with Gasteiger partial charge in [-0.15, -0.1) is 0 Å². The average Bonchev–Trinajstić information content (AvgIpc) is 2.65. The monoisotopic (exact) mass is 309 g/mol. The normalized spacial score (nSPS) is 10.7. The predicted octanol–water partition coefficient (Wildman–Crippen LogP) is 2.60. The molecular weight excluding hydrogens is 294 g/mol. The summed E-state index contributed by atoms with van der Waals surface area (Å²) < 4.78 is 2.72. The standard InChI is InChI=1S/C13H16BrN3O/c1-9-7-17(2)16-13(9)6-15-12-5-3-4-11(14)10(12)8-18/h3-5,7,15,18H,6,8H2,1-2H3. The molecule has 2 rings (SSSR count). The molecule has 0 unspecified atom stereocenters. The van der Waals surface area contributed by atoms with Crippen molar-refractivity contribution in [2.45, 2.75) is 20.1 Å². The number of nitrogens with one attached hydrogen (secondary N) is 1. The fraction of sp³-hybridized carbons (Fsp3) is 0.308. The highest BCUT2D eigenvalue weighted by atomic mass is 79.9. The maximum absolute atomic E-state index is 9.37. The number of aliphatic hydroxyl groups excluding tert-OH is 1. The summed E-state index contributed by atoms with van der Waals surface area (Å²) in [5.41, 5.74) is 3.97. The molecule has 0 aliphatic rings. The minimum absolute atomic E-state index is 0.00492. The number of aromatic nitrogens is 2. The number of aliphatic hydroxyl groups is 1. The lowest BCUT2D eigenvalue weighted by Gasteiger charge is -2.11. The number of hydrogen-bond donors (Lipinski definition) is 2. The molecule has 0 saturated carbocycles. The fourth-order valence-electron chi connectivity index (χ4n) is 1.89. The fourth-order valence-corrected chi connectivity index (χ4v) is 2.38. The van der Waals surface area contributed by atoms with Crippen molar-refractivity contribution in [1.29, 1.82) is 0 Å². The minimum atomic E-state index is 0.00492. The van der Waals surface area contributed by atoms with Gasteiger partial charge in [0.25, 0.3) is 0 Å². The number of benzene rings is 1. The number of hydrogen-bond acceptors (Lipinski definition) is 3. The zero-order valence-electron chi connectivity index (χ0n) is 10.4. The van der Waals surface area contributed by atoms with Crippen LogP contribution in [0.2, 0.25) is 0 Å². The minimum Gasteiger partial charge on any atom is -0.392 e. The van der Waals surface area contributed by atoms with Gasteiger partial charge in [0.05, 0.1) is 18.8 Å². The molecule has 4 nitrogen and oxygen atoms in total. The summed E-state index contributed by atoms with van der Waals surface area (Å²) in [5, 5.41) is 17.1. The van der Waals surface area contributed by atoms with E-state index in [4.69, 9.17) is 0 Å². The SMILES string of the molecule is Cc1cn(C)nc1CNc1cccc(Br)c1CO. The molecule has 2 N–H and O–H groups in total. The summed E-state index contributed by atoms with van der Waals surface area (Å²) >= 11 is 3.43. The summed E-state index contributed by atoms with van der Waals surface area (Å²) in [6.45, 7) is 2.69. The van der Waals surface area contributed by atoms with Gasteiger partial charge in [-0.1, -0.05) is 22.0 Å². The van der Waals surface area contributed by atoms with E-state index < -0.39 is 0 Å². The summed E-state index contributed by atoms with van der Waals surface area (Å²) in [6.07, 6.45) is 1.99. The maximum Gasteiger partial charge on any atom is 0.0844 e. The Morgan fingerprint density at radius 3 is 2.83 bits per heavy atom. The maximum atomic E-state index is 9.37. The number of aryl methyl sites for hydroxylation is 2. The highest BCUT2D eigenvalue weighted by Crippen LogP contribution is 2.25. The second kappa shape index (κ2) is 5.54. The quantitative estimate of drug-likeness (QED) is 0.912. The summed E-state index contributed by atoms with van der Waals surface area (Å²) in [5.74, 6) is 0. The first-order valence-corrected chi connectivity index (χ1v) is 6.52. The molecule has 2 aromatic rings. The number of halogens is 1. The first-order valence-electron chi connectivity index (χ1n) is 5.73. The van der Waals surface area contributed by atoms with Gasteiger partial charge in [-0.25, -0.2) is 0 Å². The molecule has 1 aromatic heterocycles. The van der Waals surface area contributed by atoms with Gasteiger partial charge in [-0.2, -0.15) is 5.10 Å². The second-order valence-electron chi connectivity index (χ2n) is 4.21. The van der Waals surface area contributed by atoms with E-state index >= 15 is 0 Å². The highest BCUT2D eigenvalue weighted by Gasteiger charge is 2.07. The molecule has 1 aromatic carbocycles. The summed E-state index contributed by atoms with van der Waals surface area (Å²) in [7, 11) is 1.91. The molecule has 18 heavy (non-hydrogen) atoms. The number of anilines is 1. The molecule has 0 atom stereocenters. The van der Waals surface area contributed by atoms with Gasteiger partial charge >= 0.3 is 0 Å². The number of rotatable bonds is 4. The third-order valence-corrected chi connectivity index (χ3v) is 3.58. The average molecular weight is 310 g/mol. The van der Waals surface area contributed by atoms with Crippen LogP contribution in [0.15, 0.2) is 28.9 Å². The van der Waals surface area contributed by atoms with Crippen LogP contribution in [-0.4, -0.2) is 14.9 Å². The molecule has 0 aliphatic heterocycles. The number of nitrogens with zero attached hydrogens (tertiary/aromatic N) is 2. The van der Waals surface area contributed by atoms with Crippen molar-refractivity contribution in [2.75, 3.05) is 5.32 Å². The molecule has 0 amide bonds. The van der Waals surface area contributed by atoms with E-state index in [2.05, 4.69) is 26.3 Å². The van der Waals surface area contributed by atoms with Crippen molar-refractivity contribution in [2.24, 2.45) is 7.05 Å². The molecule has 96 valence electrons. The van der Waals surface area contributed by atoms with Crippen LogP contribution in [0.4, 0.5) is 5.69 Å². The van der Waals surface area contributed by atoms with Gasteiger partial charge in [-0.05, 0) is 24.6 Å². The molecule has 0 aliphatic carbocycles. The molecule has 0 bridgehead atoms. The molecule has 0 radical (unpaired) electrons. The van der Waals surface area contributed by atoms with Crippen molar-refractivity contribution in [3.05, 3.63) is 45.7 Å². The Kier molecular flexibility index (Phi) is 4.04. The Morgan fingerprint density at radius 2 is 2.22 bits per heavy atom. The van der Waals surface area contributed by atoms with Gasteiger partial charge in [-0.3, -0.25) is 4.68 Å². The Balaban J connectivity index is 2.15. The molecular formula is C13H16BrN3O. The van der Waals surface area contributed by atoms with E-state index in [1.54, 1.807) is 4.68 Å². The van der Waals surface area contributed by atoms with E-state index in [9.17, 15) is 5.11 Å². The predicted molar refractivity (Wildman–Crippen MR) is 75.3 cm³/mol. The summed E-state index contributed by atoms with van der Waals surface area (Å²) in [4.78, 5) is 0. The Labute approximate surface area is 115 Å². The van der Waals surface area contributed by atoms with Crippen LogP contribution in [-0.2, 0) is 20.2 Å². The molecule has 0 spiro atoms. The van der Waals surface area contributed by atoms with Crippen LogP contribution in [0, 0.1) is 6.92 Å². The second-order valence-corrected chi connectivity index (χ2v) is 5.06. The Bertz CT molecular complexity index is 551. The Hall–Kier alpha value is -1.33. The topological polar surface area (TPSA) is 50.1 Å². The van der Waals surface area contributed by atoms with Gasteiger partial charge in [0, 0.05) is 29.0 Å². The van der Waals surface area contributed by atoms with Gasteiger partial charge < -0.3 is 10.4 Å². The van der Waals surface area contributed by atoms with Crippen molar-refractivity contribution in [3.63, 3.8) is 0 Å². The van der Waals surface area contributed by atoms with Crippen LogP contribution in [0.1, 0.15) is 16.8 Å². The van der Waals surface area contributed by atoms with Gasteiger partial charge in [0.15, 0.2) is 0 Å². The lowest BCUT2D eigenvalue weighted by Crippen LogP contribution is -2.05. The van der Waals surface area contributed by atoms with Crippen molar-refractivity contribution < 1.29 is 5.11 Å². The molecule has 0 saturated heterocycles. The van der Waals surface area contributed by atoms with Crippen molar-refractivity contribution >= 4 is 21.6 Å². The first kappa shape index (κ1) is 13.1. The lowest BCUT2D eigenvalue weighted by molar-refractivity contribution is 0.281. The van der Waals surface area contributed by atoms with Crippen molar-refractivity contribution in [1.82, 2.24) is 9.78 Å². The van der Waals surface area contributed by atoms with E-state index in [1.165, 1.54) is 0 Å². The molecule has 5 heteroatoms. The summed E-state index contributed by atoms with van der Waals surface area (Å²) in [6, 6.07) is 5.81.